The summed E-state index contributed by atoms with van der Waals surface area (Å²) in [5.41, 5.74) is 0.425. The number of urea groups is 1. The number of amides is 3. The third-order valence-electron chi connectivity index (χ3n) is 3.22. The van der Waals surface area contributed by atoms with E-state index in [0.29, 0.717) is 16.3 Å². The van der Waals surface area contributed by atoms with E-state index in [1.807, 2.05) is 0 Å². The summed E-state index contributed by atoms with van der Waals surface area (Å²) in [6.45, 7) is -0.405. The summed E-state index contributed by atoms with van der Waals surface area (Å²) in [7, 11) is 1.37. The fourth-order valence-electron chi connectivity index (χ4n) is 1.98. The molecule has 0 bridgehead atoms. The zero-order chi connectivity index (χ0) is 18.9. The van der Waals surface area contributed by atoms with Crippen molar-refractivity contribution in [3.05, 3.63) is 65.2 Å². The second-order valence-corrected chi connectivity index (χ2v) is 5.53. The molecule has 0 spiro atoms. The normalized spacial score (nSPS) is 11.2. The number of nitrogens with one attached hydrogen (secondary N) is 2. The average molecular weight is 377 g/mol. The summed E-state index contributed by atoms with van der Waals surface area (Å²) >= 11 is 5.78. The molecule has 2 aromatic carbocycles. The highest BCUT2D eigenvalue weighted by atomic mass is 35.5. The second kappa shape index (κ2) is 9.43. The smallest absolute Gasteiger partial charge is 0.345 e. The van der Waals surface area contributed by atoms with E-state index >= 15 is 0 Å². The highest BCUT2D eigenvalue weighted by Crippen LogP contribution is 2.19. The van der Waals surface area contributed by atoms with Gasteiger partial charge >= 0.3 is 12.0 Å². The van der Waals surface area contributed by atoms with Crippen molar-refractivity contribution in [2.24, 2.45) is 0 Å². The van der Waals surface area contributed by atoms with Crippen LogP contribution in [0.25, 0.3) is 0 Å². The van der Waals surface area contributed by atoms with Crippen LogP contribution in [0.5, 0.6) is 5.75 Å². The Bertz CT molecular complexity index is 765. The SMILES string of the molecule is CNC(=O)NC(=O)C(OC(=O)COc1ccc(Cl)cc1)c1ccccc1. The first kappa shape index (κ1) is 19.3. The van der Waals surface area contributed by atoms with Crippen molar-refractivity contribution in [1.82, 2.24) is 10.6 Å². The van der Waals surface area contributed by atoms with E-state index in [2.05, 4.69) is 10.6 Å². The Morgan fingerprint density at radius 1 is 1.04 bits per heavy atom. The number of imide groups is 1. The topological polar surface area (TPSA) is 93.7 Å². The lowest BCUT2D eigenvalue weighted by Gasteiger charge is -2.17. The summed E-state index contributed by atoms with van der Waals surface area (Å²) in [6, 6.07) is 14.1. The zero-order valence-electron chi connectivity index (χ0n) is 13.9. The van der Waals surface area contributed by atoms with E-state index in [9.17, 15) is 14.4 Å². The lowest BCUT2D eigenvalue weighted by molar-refractivity contribution is -0.158. The minimum Gasteiger partial charge on any atom is -0.482 e. The Hall–Kier alpha value is -3.06. The van der Waals surface area contributed by atoms with Crippen molar-refractivity contribution in [2.75, 3.05) is 13.7 Å². The molecule has 0 saturated heterocycles. The van der Waals surface area contributed by atoms with E-state index in [4.69, 9.17) is 21.1 Å². The summed E-state index contributed by atoms with van der Waals surface area (Å²) in [4.78, 5) is 35.7. The third kappa shape index (κ3) is 5.78. The lowest BCUT2D eigenvalue weighted by atomic mass is 10.1. The van der Waals surface area contributed by atoms with Crippen LogP contribution in [0.4, 0.5) is 4.79 Å². The van der Waals surface area contributed by atoms with E-state index in [0.717, 1.165) is 0 Å². The quantitative estimate of drug-likeness (QED) is 0.755. The predicted octanol–water partition coefficient (Wildman–Crippen LogP) is 2.46. The first-order valence-corrected chi connectivity index (χ1v) is 8.02. The van der Waals surface area contributed by atoms with Gasteiger partial charge in [-0.15, -0.1) is 0 Å². The van der Waals surface area contributed by atoms with Crippen LogP contribution in [0, 0.1) is 0 Å². The molecular weight excluding hydrogens is 360 g/mol. The molecule has 7 nitrogen and oxygen atoms in total. The Kier molecular flexibility index (Phi) is 6.99. The molecule has 0 aliphatic heterocycles. The maximum Gasteiger partial charge on any atom is 0.345 e. The van der Waals surface area contributed by atoms with Gasteiger partial charge in [-0.2, -0.15) is 0 Å². The van der Waals surface area contributed by atoms with Gasteiger partial charge in [0.15, 0.2) is 6.61 Å². The van der Waals surface area contributed by atoms with Gasteiger partial charge in [-0.05, 0) is 24.3 Å². The molecule has 0 radical (unpaired) electrons. The van der Waals surface area contributed by atoms with Crippen LogP contribution in [-0.2, 0) is 14.3 Å². The fraction of sp³-hybridized carbons (Fsp3) is 0.167. The molecule has 1 atom stereocenters. The molecule has 26 heavy (non-hydrogen) atoms. The maximum atomic E-state index is 12.3. The standard InChI is InChI=1S/C18H17ClN2O5/c1-20-18(24)21-17(23)16(12-5-3-2-4-6-12)26-15(22)11-25-14-9-7-13(19)8-10-14/h2-10,16H,11H2,1H3,(H2,20,21,23,24). The number of rotatable bonds is 6. The fourth-order valence-corrected chi connectivity index (χ4v) is 2.11. The summed E-state index contributed by atoms with van der Waals surface area (Å²) in [6.07, 6.45) is -1.28. The number of esters is 1. The number of benzene rings is 2. The Balaban J connectivity index is 2.03. The van der Waals surface area contributed by atoms with Crippen molar-refractivity contribution in [2.45, 2.75) is 6.10 Å². The second-order valence-electron chi connectivity index (χ2n) is 5.09. The van der Waals surface area contributed by atoms with Crippen LogP contribution in [-0.4, -0.2) is 31.6 Å². The first-order valence-electron chi connectivity index (χ1n) is 7.65. The maximum absolute atomic E-state index is 12.3. The summed E-state index contributed by atoms with van der Waals surface area (Å²) in [5, 5.41) is 4.89. The predicted molar refractivity (Wildman–Crippen MR) is 94.8 cm³/mol. The molecule has 0 aromatic heterocycles. The van der Waals surface area contributed by atoms with Crippen LogP contribution in [0.2, 0.25) is 5.02 Å². The molecule has 2 aromatic rings. The highest BCUT2D eigenvalue weighted by Gasteiger charge is 2.26. The van der Waals surface area contributed by atoms with Gasteiger partial charge in [0.2, 0.25) is 6.10 Å². The van der Waals surface area contributed by atoms with Crippen LogP contribution in [0.1, 0.15) is 11.7 Å². The number of ether oxygens (including phenoxy) is 2. The van der Waals surface area contributed by atoms with Gasteiger partial charge in [-0.1, -0.05) is 41.9 Å². The number of carbonyl (C=O) groups excluding carboxylic acids is 3. The van der Waals surface area contributed by atoms with Crippen molar-refractivity contribution < 1.29 is 23.9 Å². The van der Waals surface area contributed by atoms with Gasteiger partial charge in [0.05, 0.1) is 0 Å². The number of halogens is 1. The van der Waals surface area contributed by atoms with Gasteiger partial charge in [0.1, 0.15) is 5.75 Å². The van der Waals surface area contributed by atoms with Gasteiger partial charge < -0.3 is 14.8 Å². The van der Waals surface area contributed by atoms with Crippen molar-refractivity contribution in [3.63, 3.8) is 0 Å². The van der Waals surface area contributed by atoms with Crippen molar-refractivity contribution >= 4 is 29.5 Å². The zero-order valence-corrected chi connectivity index (χ0v) is 14.7. The van der Waals surface area contributed by atoms with E-state index in [1.54, 1.807) is 54.6 Å². The molecule has 0 heterocycles. The number of hydrogen-bond acceptors (Lipinski definition) is 5. The van der Waals surface area contributed by atoms with Crippen LogP contribution in [0.3, 0.4) is 0 Å². The molecular formula is C18H17ClN2O5. The first-order chi connectivity index (χ1) is 12.5. The Morgan fingerprint density at radius 3 is 2.31 bits per heavy atom. The number of hydrogen-bond donors (Lipinski definition) is 2. The third-order valence-corrected chi connectivity index (χ3v) is 3.48. The van der Waals surface area contributed by atoms with Gasteiger partial charge in [-0.3, -0.25) is 10.1 Å². The van der Waals surface area contributed by atoms with E-state index in [1.165, 1.54) is 7.05 Å². The van der Waals surface area contributed by atoms with Gasteiger partial charge in [-0.25, -0.2) is 9.59 Å². The minimum absolute atomic E-state index is 0.405. The van der Waals surface area contributed by atoms with Crippen LogP contribution in [0.15, 0.2) is 54.6 Å². The monoisotopic (exact) mass is 376 g/mol. The molecule has 136 valence electrons. The van der Waals surface area contributed by atoms with Crippen LogP contribution >= 0.6 is 11.6 Å². The lowest BCUT2D eigenvalue weighted by Crippen LogP contribution is -2.41. The Labute approximate surface area is 155 Å². The average Bonchev–Trinajstić information content (AvgIpc) is 2.66. The number of carbonyl (C=O) groups is 3. The van der Waals surface area contributed by atoms with E-state index in [-0.39, 0.29) is 0 Å². The molecule has 1 unspecified atom stereocenters. The molecule has 8 heteroatoms. The molecule has 2 N–H and O–H groups in total. The van der Waals surface area contributed by atoms with Crippen molar-refractivity contribution in [3.8, 4) is 5.75 Å². The van der Waals surface area contributed by atoms with E-state index < -0.39 is 30.6 Å². The largest absolute Gasteiger partial charge is 0.482 e. The summed E-state index contributed by atoms with van der Waals surface area (Å²) < 4.78 is 10.5. The molecule has 0 aliphatic rings. The molecule has 0 fully saturated rings. The van der Waals surface area contributed by atoms with Gasteiger partial charge in [0.25, 0.3) is 5.91 Å². The van der Waals surface area contributed by atoms with Crippen molar-refractivity contribution in [1.29, 1.82) is 0 Å². The Morgan fingerprint density at radius 2 is 1.69 bits per heavy atom. The molecule has 0 aliphatic carbocycles. The minimum atomic E-state index is -1.28. The highest BCUT2D eigenvalue weighted by molar-refractivity contribution is 6.30. The molecule has 0 saturated carbocycles. The molecule has 3 amide bonds. The molecule has 2 rings (SSSR count). The van der Waals surface area contributed by atoms with Gasteiger partial charge in [0, 0.05) is 17.6 Å². The summed E-state index contributed by atoms with van der Waals surface area (Å²) in [5.74, 6) is -1.10. The van der Waals surface area contributed by atoms with Crippen LogP contribution < -0.4 is 15.4 Å².